The molecule has 1 heterocycles. The average Bonchev–Trinajstić information content (AvgIpc) is 2.80. The summed E-state index contributed by atoms with van der Waals surface area (Å²) < 4.78 is 27.3. The lowest BCUT2D eigenvalue weighted by molar-refractivity contribution is 0.0946. The summed E-state index contributed by atoms with van der Waals surface area (Å²) in [5.41, 5.74) is 3.22. The monoisotopic (exact) mass is 394 g/mol. The molecule has 3 rings (SSSR count). The quantitative estimate of drug-likeness (QED) is 0.783. The third kappa shape index (κ3) is 3.82. The molecule has 0 unspecified atom stereocenters. The number of benzene rings is 2. The zero-order valence-corrected chi connectivity index (χ0v) is 14.6. The van der Waals surface area contributed by atoms with E-state index in [1.54, 1.807) is 0 Å². The minimum absolute atomic E-state index is 0.0646. The number of halogens is 3. The molecule has 2 aromatic carbocycles. The van der Waals surface area contributed by atoms with E-state index in [1.165, 1.54) is 11.1 Å². The van der Waals surface area contributed by atoms with Crippen LogP contribution in [0.15, 0.2) is 34.8 Å². The maximum absolute atomic E-state index is 13.9. The molecule has 24 heavy (non-hydrogen) atoms. The van der Waals surface area contributed by atoms with Gasteiger partial charge in [0, 0.05) is 6.54 Å². The summed E-state index contributed by atoms with van der Waals surface area (Å²) >= 11 is 2.91. The first-order valence-electron chi connectivity index (χ1n) is 7.79. The van der Waals surface area contributed by atoms with Crippen LogP contribution in [0.5, 0.6) is 0 Å². The van der Waals surface area contributed by atoms with E-state index in [9.17, 15) is 13.6 Å². The molecule has 0 saturated heterocycles. The number of carbonyl (C=O) groups is 1. The van der Waals surface area contributed by atoms with Crippen molar-refractivity contribution in [3.8, 4) is 0 Å². The lowest BCUT2D eigenvalue weighted by Crippen LogP contribution is -2.24. The smallest absolute Gasteiger partial charge is 0.254 e. The number of fused-ring (bicyclic) bond motifs is 1. The van der Waals surface area contributed by atoms with Gasteiger partial charge in [-0.15, -0.1) is 0 Å². The molecule has 0 spiro atoms. The Hall–Kier alpha value is -1.79. The molecule has 0 fully saturated rings. The van der Waals surface area contributed by atoms with Crippen LogP contribution in [0.2, 0.25) is 0 Å². The lowest BCUT2D eigenvalue weighted by atomic mass is 10.00. The summed E-state index contributed by atoms with van der Waals surface area (Å²) in [6.07, 6.45) is 1.94. The Kier molecular flexibility index (Phi) is 5.26. The van der Waals surface area contributed by atoms with Crippen LogP contribution in [0.4, 0.5) is 8.78 Å². The highest BCUT2D eigenvalue weighted by Gasteiger charge is 2.16. The van der Waals surface area contributed by atoms with E-state index in [0.29, 0.717) is 0 Å². The van der Waals surface area contributed by atoms with Gasteiger partial charge < -0.3 is 10.6 Å². The number of amides is 1. The highest BCUT2D eigenvalue weighted by molar-refractivity contribution is 9.10. The minimum atomic E-state index is -0.762. The molecule has 6 heteroatoms. The zero-order valence-electron chi connectivity index (χ0n) is 13.0. The van der Waals surface area contributed by atoms with Crippen molar-refractivity contribution in [1.29, 1.82) is 0 Å². The normalized spacial score (nSPS) is 14.0. The second-order valence-electron chi connectivity index (χ2n) is 5.78. The fourth-order valence-corrected chi connectivity index (χ4v) is 3.27. The molecule has 126 valence electrons. The van der Waals surface area contributed by atoms with Crippen LogP contribution in [0.25, 0.3) is 0 Å². The predicted octanol–water partition coefficient (Wildman–Crippen LogP) is 3.35. The van der Waals surface area contributed by atoms with Crippen LogP contribution >= 0.6 is 15.9 Å². The van der Waals surface area contributed by atoms with E-state index in [-0.39, 0.29) is 16.6 Å². The molecule has 3 nitrogen and oxygen atoms in total. The summed E-state index contributed by atoms with van der Waals surface area (Å²) in [7, 11) is 0. The molecule has 1 aliphatic rings. The van der Waals surface area contributed by atoms with Crippen molar-refractivity contribution in [3.05, 3.63) is 68.7 Å². The number of nitrogens with one attached hydrogen (secondary N) is 2. The Morgan fingerprint density at radius 1 is 1.12 bits per heavy atom. The van der Waals surface area contributed by atoms with Crippen molar-refractivity contribution in [2.75, 3.05) is 13.1 Å². The molecular formula is C18H17BrF2N2O. The van der Waals surface area contributed by atoms with Gasteiger partial charge in [0.05, 0.1) is 10.0 Å². The average molecular weight is 395 g/mol. The van der Waals surface area contributed by atoms with Crippen molar-refractivity contribution in [2.45, 2.75) is 19.4 Å². The maximum atomic E-state index is 13.9. The van der Waals surface area contributed by atoms with E-state index in [1.807, 2.05) is 6.07 Å². The maximum Gasteiger partial charge on any atom is 0.254 e. The Morgan fingerprint density at radius 3 is 2.67 bits per heavy atom. The highest BCUT2D eigenvalue weighted by atomic mass is 79.9. The summed E-state index contributed by atoms with van der Waals surface area (Å²) in [6, 6.07) is 8.00. The standard InChI is InChI=1S/C18H17BrF2N2O/c19-16-9-14(20)8-15(17(16)21)18(24)23-10-11-1-2-12-3-5-22-6-4-13(12)7-11/h1-2,7-9,22H,3-6,10H2,(H,23,24). The van der Waals surface area contributed by atoms with Gasteiger partial charge in [-0.1, -0.05) is 18.2 Å². The third-order valence-electron chi connectivity index (χ3n) is 4.10. The van der Waals surface area contributed by atoms with E-state index in [2.05, 4.69) is 38.7 Å². The van der Waals surface area contributed by atoms with Gasteiger partial charge in [0.2, 0.25) is 0 Å². The number of carbonyl (C=O) groups excluding carboxylic acids is 1. The number of hydrogen-bond acceptors (Lipinski definition) is 2. The molecule has 0 atom stereocenters. The second-order valence-corrected chi connectivity index (χ2v) is 6.64. The molecule has 1 amide bonds. The molecule has 0 aromatic heterocycles. The molecule has 0 saturated carbocycles. The molecule has 2 N–H and O–H groups in total. The predicted molar refractivity (Wildman–Crippen MR) is 91.9 cm³/mol. The first-order valence-corrected chi connectivity index (χ1v) is 8.58. The third-order valence-corrected chi connectivity index (χ3v) is 4.68. The van der Waals surface area contributed by atoms with Gasteiger partial charge in [-0.05, 0) is 70.7 Å². The first kappa shape index (κ1) is 17.0. The van der Waals surface area contributed by atoms with Gasteiger partial charge in [0.25, 0.3) is 5.91 Å². The van der Waals surface area contributed by atoms with Gasteiger partial charge in [0.15, 0.2) is 0 Å². The Balaban J connectivity index is 1.72. The van der Waals surface area contributed by atoms with Crippen LogP contribution in [-0.2, 0) is 19.4 Å². The van der Waals surface area contributed by atoms with Crippen LogP contribution in [0.3, 0.4) is 0 Å². The van der Waals surface area contributed by atoms with Crippen LogP contribution in [0.1, 0.15) is 27.0 Å². The fraction of sp³-hybridized carbons (Fsp3) is 0.278. The highest BCUT2D eigenvalue weighted by Crippen LogP contribution is 2.21. The fourth-order valence-electron chi connectivity index (χ4n) is 2.84. The summed E-state index contributed by atoms with van der Waals surface area (Å²) in [5, 5.41) is 6.00. The van der Waals surface area contributed by atoms with E-state index in [4.69, 9.17) is 0 Å². The Bertz CT molecular complexity index is 780. The number of rotatable bonds is 3. The zero-order chi connectivity index (χ0) is 17.1. The van der Waals surface area contributed by atoms with Gasteiger partial charge >= 0.3 is 0 Å². The van der Waals surface area contributed by atoms with Crippen LogP contribution in [-0.4, -0.2) is 19.0 Å². The van der Waals surface area contributed by atoms with E-state index in [0.717, 1.165) is 43.6 Å². The van der Waals surface area contributed by atoms with Crippen molar-refractivity contribution >= 4 is 21.8 Å². The van der Waals surface area contributed by atoms with Crippen LogP contribution in [0, 0.1) is 11.6 Å². The van der Waals surface area contributed by atoms with E-state index < -0.39 is 17.5 Å². The second kappa shape index (κ2) is 7.40. The molecule has 1 aliphatic heterocycles. The molecule has 0 bridgehead atoms. The first-order chi connectivity index (χ1) is 11.5. The molecule has 0 aliphatic carbocycles. The lowest BCUT2D eigenvalue weighted by Gasteiger charge is -2.10. The van der Waals surface area contributed by atoms with Crippen LogP contribution < -0.4 is 10.6 Å². The summed E-state index contributed by atoms with van der Waals surface area (Å²) in [6.45, 7) is 2.18. The summed E-state index contributed by atoms with van der Waals surface area (Å²) in [4.78, 5) is 12.1. The topological polar surface area (TPSA) is 41.1 Å². The summed E-state index contributed by atoms with van der Waals surface area (Å²) in [5.74, 6) is -2.06. The van der Waals surface area contributed by atoms with Crippen molar-refractivity contribution in [3.63, 3.8) is 0 Å². The molecular weight excluding hydrogens is 378 g/mol. The molecule has 0 radical (unpaired) electrons. The van der Waals surface area contributed by atoms with Gasteiger partial charge in [-0.3, -0.25) is 4.79 Å². The van der Waals surface area contributed by atoms with Gasteiger partial charge in [-0.2, -0.15) is 0 Å². The van der Waals surface area contributed by atoms with Crippen molar-refractivity contribution in [2.24, 2.45) is 0 Å². The Morgan fingerprint density at radius 2 is 1.88 bits per heavy atom. The van der Waals surface area contributed by atoms with Crippen molar-refractivity contribution < 1.29 is 13.6 Å². The number of hydrogen-bond donors (Lipinski definition) is 2. The largest absolute Gasteiger partial charge is 0.348 e. The molecule has 2 aromatic rings. The Labute approximate surface area is 147 Å². The van der Waals surface area contributed by atoms with Crippen molar-refractivity contribution in [1.82, 2.24) is 10.6 Å². The van der Waals surface area contributed by atoms with Gasteiger partial charge in [0.1, 0.15) is 11.6 Å². The SMILES string of the molecule is O=C(NCc1ccc2c(c1)CCNCC2)c1cc(F)cc(Br)c1F. The van der Waals surface area contributed by atoms with E-state index >= 15 is 0 Å². The minimum Gasteiger partial charge on any atom is -0.348 e. The van der Waals surface area contributed by atoms with Gasteiger partial charge in [-0.25, -0.2) is 8.78 Å².